The summed E-state index contributed by atoms with van der Waals surface area (Å²) in [6, 6.07) is 8.45. The van der Waals surface area contributed by atoms with Gasteiger partial charge in [0.25, 0.3) is 0 Å². The van der Waals surface area contributed by atoms with Gasteiger partial charge in [-0.25, -0.2) is 0 Å². The highest BCUT2D eigenvalue weighted by Crippen LogP contribution is 2.26. The molecule has 0 saturated heterocycles. The van der Waals surface area contributed by atoms with E-state index in [-0.39, 0.29) is 18.7 Å². The van der Waals surface area contributed by atoms with Crippen LogP contribution in [0.2, 0.25) is 0 Å². The molecule has 3 N–H and O–H groups in total. The van der Waals surface area contributed by atoms with E-state index in [1.165, 1.54) is 5.56 Å². The van der Waals surface area contributed by atoms with Crippen LogP contribution in [-0.4, -0.2) is 35.7 Å². The normalized spacial score (nSPS) is 14.6. The molecule has 19 heavy (non-hydrogen) atoms. The molecule has 3 nitrogen and oxygen atoms in total. The molecule has 0 radical (unpaired) electrons. The molecule has 0 amide bonds. The molecular formula is C15H25BrN2O. The molecule has 0 fully saturated rings. The Balaban J connectivity index is 2.95. The minimum Gasteiger partial charge on any atom is -0.395 e. The molecule has 2 atom stereocenters. The Labute approximate surface area is 124 Å². The van der Waals surface area contributed by atoms with Crippen LogP contribution in [0.4, 0.5) is 0 Å². The lowest BCUT2D eigenvalue weighted by Gasteiger charge is -2.34. The molecule has 0 bridgehead atoms. The van der Waals surface area contributed by atoms with Crippen molar-refractivity contribution in [1.82, 2.24) is 4.90 Å². The third kappa shape index (κ3) is 5.22. The molecule has 4 heteroatoms. The molecule has 0 aromatic heterocycles. The highest BCUT2D eigenvalue weighted by atomic mass is 79.9. The van der Waals surface area contributed by atoms with Crippen molar-refractivity contribution in [1.29, 1.82) is 0 Å². The van der Waals surface area contributed by atoms with E-state index in [1.807, 2.05) is 19.1 Å². The molecule has 1 rings (SSSR count). The van der Waals surface area contributed by atoms with E-state index in [0.717, 1.165) is 23.9 Å². The van der Waals surface area contributed by atoms with E-state index in [2.05, 4.69) is 39.9 Å². The number of nitrogens with two attached hydrogens (primary N) is 1. The van der Waals surface area contributed by atoms with Crippen molar-refractivity contribution in [3.8, 4) is 0 Å². The number of aliphatic hydroxyl groups is 1. The maximum atomic E-state index is 9.28. The summed E-state index contributed by atoms with van der Waals surface area (Å²) in [4.78, 5) is 2.29. The van der Waals surface area contributed by atoms with Crippen LogP contribution in [0.15, 0.2) is 28.7 Å². The number of rotatable bonds is 8. The predicted octanol–water partition coefficient (Wildman–Crippen LogP) is 2.93. The predicted molar refractivity (Wildman–Crippen MR) is 84.1 cm³/mol. The summed E-state index contributed by atoms with van der Waals surface area (Å²) >= 11 is 3.51. The Bertz CT molecular complexity index is 371. The van der Waals surface area contributed by atoms with Gasteiger partial charge in [0.15, 0.2) is 0 Å². The lowest BCUT2D eigenvalue weighted by atomic mass is 9.99. The van der Waals surface area contributed by atoms with Crippen molar-refractivity contribution in [2.45, 2.75) is 38.8 Å². The fourth-order valence-corrected chi connectivity index (χ4v) is 2.83. The fourth-order valence-electron chi connectivity index (χ4n) is 2.42. The van der Waals surface area contributed by atoms with Crippen LogP contribution in [-0.2, 0) is 0 Å². The smallest absolute Gasteiger partial charge is 0.0558 e. The summed E-state index contributed by atoms with van der Waals surface area (Å²) in [5.74, 6) is 0. The van der Waals surface area contributed by atoms with Gasteiger partial charge in [-0.3, -0.25) is 4.90 Å². The van der Waals surface area contributed by atoms with E-state index in [1.54, 1.807) is 0 Å². The third-order valence-electron chi connectivity index (χ3n) is 3.27. The van der Waals surface area contributed by atoms with Crippen molar-refractivity contribution in [3.05, 3.63) is 34.3 Å². The number of aliphatic hydroxyl groups excluding tert-OH is 1. The number of hydrogen-bond acceptors (Lipinski definition) is 3. The van der Waals surface area contributed by atoms with E-state index in [0.29, 0.717) is 6.54 Å². The first-order chi connectivity index (χ1) is 9.10. The highest BCUT2D eigenvalue weighted by molar-refractivity contribution is 9.10. The largest absolute Gasteiger partial charge is 0.395 e. The molecule has 1 aromatic carbocycles. The first kappa shape index (κ1) is 16.6. The van der Waals surface area contributed by atoms with Crippen molar-refractivity contribution in [2.24, 2.45) is 5.73 Å². The minimum absolute atomic E-state index is 0.0257. The molecule has 0 saturated carbocycles. The van der Waals surface area contributed by atoms with Gasteiger partial charge in [-0.1, -0.05) is 41.4 Å². The van der Waals surface area contributed by atoms with Crippen LogP contribution in [0.5, 0.6) is 0 Å². The fraction of sp³-hybridized carbons (Fsp3) is 0.600. The monoisotopic (exact) mass is 328 g/mol. The molecule has 1 aromatic rings. The zero-order valence-electron chi connectivity index (χ0n) is 11.8. The van der Waals surface area contributed by atoms with Crippen LogP contribution in [0.1, 0.15) is 38.3 Å². The van der Waals surface area contributed by atoms with E-state index in [4.69, 9.17) is 5.73 Å². The van der Waals surface area contributed by atoms with Crippen LogP contribution in [0.25, 0.3) is 0 Å². The van der Waals surface area contributed by atoms with Gasteiger partial charge < -0.3 is 10.8 Å². The summed E-state index contributed by atoms with van der Waals surface area (Å²) < 4.78 is 1.06. The maximum Gasteiger partial charge on any atom is 0.0558 e. The second kappa shape index (κ2) is 8.69. The van der Waals surface area contributed by atoms with Crippen molar-refractivity contribution in [2.75, 3.05) is 19.7 Å². The summed E-state index contributed by atoms with van der Waals surface area (Å²) in [6.45, 7) is 6.01. The first-order valence-electron chi connectivity index (χ1n) is 6.96. The molecular weight excluding hydrogens is 304 g/mol. The van der Waals surface area contributed by atoms with Crippen molar-refractivity contribution >= 4 is 15.9 Å². The Hall–Kier alpha value is -0.420. The van der Waals surface area contributed by atoms with Gasteiger partial charge in [0.1, 0.15) is 0 Å². The molecule has 0 aliphatic heterocycles. The first-order valence-corrected chi connectivity index (χ1v) is 7.75. The van der Waals surface area contributed by atoms with Gasteiger partial charge in [0.2, 0.25) is 0 Å². The van der Waals surface area contributed by atoms with Crippen LogP contribution < -0.4 is 5.73 Å². The summed E-state index contributed by atoms with van der Waals surface area (Å²) in [7, 11) is 0. The summed E-state index contributed by atoms with van der Waals surface area (Å²) in [5, 5.41) is 9.28. The van der Waals surface area contributed by atoms with Crippen LogP contribution >= 0.6 is 15.9 Å². The number of benzene rings is 1. The Kier molecular flexibility index (Phi) is 7.61. The van der Waals surface area contributed by atoms with Crippen molar-refractivity contribution < 1.29 is 5.11 Å². The van der Waals surface area contributed by atoms with Gasteiger partial charge in [-0.15, -0.1) is 0 Å². The van der Waals surface area contributed by atoms with E-state index >= 15 is 0 Å². The Morgan fingerprint density at radius 1 is 1.37 bits per heavy atom. The lowest BCUT2D eigenvalue weighted by Crippen LogP contribution is -2.41. The molecule has 108 valence electrons. The zero-order chi connectivity index (χ0) is 14.3. The standard InChI is InChI=1S/C15H25BrN2O/c1-3-4-8-18(9-10-19)15(12(2)17)13-6-5-7-14(16)11-13/h5-7,11-12,15,19H,3-4,8-10,17H2,1-2H3. The SMILES string of the molecule is CCCCN(CCO)C(c1cccc(Br)c1)C(C)N. The van der Waals surface area contributed by atoms with Gasteiger partial charge in [-0.2, -0.15) is 0 Å². The van der Waals surface area contributed by atoms with Crippen molar-refractivity contribution in [3.63, 3.8) is 0 Å². The van der Waals surface area contributed by atoms with E-state index < -0.39 is 0 Å². The van der Waals surface area contributed by atoms with Gasteiger partial charge in [0.05, 0.1) is 6.61 Å². The molecule has 0 heterocycles. The number of hydrogen-bond donors (Lipinski definition) is 2. The number of halogens is 1. The second-order valence-electron chi connectivity index (χ2n) is 4.97. The van der Waals surface area contributed by atoms with Gasteiger partial charge >= 0.3 is 0 Å². The minimum atomic E-state index is 0.0257. The third-order valence-corrected chi connectivity index (χ3v) is 3.76. The summed E-state index contributed by atoms with van der Waals surface area (Å²) in [6.07, 6.45) is 2.27. The Morgan fingerprint density at radius 2 is 2.11 bits per heavy atom. The maximum absolute atomic E-state index is 9.28. The Morgan fingerprint density at radius 3 is 2.63 bits per heavy atom. The molecule has 0 spiro atoms. The topological polar surface area (TPSA) is 49.5 Å². The van der Waals surface area contributed by atoms with Crippen LogP contribution in [0.3, 0.4) is 0 Å². The van der Waals surface area contributed by atoms with E-state index in [9.17, 15) is 5.11 Å². The summed E-state index contributed by atoms with van der Waals surface area (Å²) in [5.41, 5.74) is 7.39. The highest BCUT2D eigenvalue weighted by Gasteiger charge is 2.23. The van der Waals surface area contributed by atoms with Gasteiger partial charge in [-0.05, 0) is 37.6 Å². The van der Waals surface area contributed by atoms with Gasteiger partial charge in [0, 0.05) is 23.1 Å². The lowest BCUT2D eigenvalue weighted by molar-refractivity contribution is 0.135. The number of nitrogens with zero attached hydrogens (tertiary/aromatic N) is 1. The molecule has 0 aliphatic rings. The second-order valence-corrected chi connectivity index (χ2v) is 5.89. The zero-order valence-corrected chi connectivity index (χ0v) is 13.4. The average Bonchev–Trinajstić information content (AvgIpc) is 2.36. The molecule has 0 aliphatic carbocycles. The quantitative estimate of drug-likeness (QED) is 0.771. The number of unbranched alkanes of at least 4 members (excludes halogenated alkanes) is 1. The average molecular weight is 329 g/mol. The molecule has 2 unspecified atom stereocenters. The van der Waals surface area contributed by atoms with Crippen LogP contribution in [0, 0.1) is 0 Å².